The molecule has 0 radical (unpaired) electrons. The highest BCUT2D eigenvalue weighted by atomic mass is 16.5. The first kappa shape index (κ1) is 14.9. The predicted molar refractivity (Wildman–Crippen MR) is 82.1 cm³/mol. The zero-order valence-corrected chi connectivity index (χ0v) is 12.5. The molecule has 0 saturated heterocycles. The van der Waals surface area contributed by atoms with Crippen LogP contribution in [-0.4, -0.2) is 22.6 Å². The molecule has 0 spiro atoms. The molecule has 0 saturated carbocycles. The van der Waals surface area contributed by atoms with Crippen LogP contribution in [0.5, 0.6) is 0 Å². The number of esters is 1. The second kappa shape index (κ2) is 6.30. The lowest BCUT2D eigenvalue weighted by Crippen LogP contribution is -2.10. The number of carbonyl (C=O) groups excluding carboxylic acids is 1. The quantitative estimate of drug-likeness (QED) is 0.652. The molecule has 112 valence electrons. The van der Waals surface area contributed by atoms with E-state index >= 15 is 0 Å². The van der Waals surface area contributed by atoms with Gasteiger partial charge in [0.2, 0.25) is 0 Å². The molecule has 0 aliphatic carbocycles. The van der Waals surface area contributed by atoms with Gasteiger partial charge in [-0.3, -0.25) is 0 Å². The van der Waals surface area contributed by atoms with Crippen molar-refractivity contribution < 1.29 is 9.53 Å². The van der Waals surface area contributed by atoms with Crippen LogP contribution in [0.1, 0.15) is 35.9 Å². The van der Waals surface area contributed by atoms with Gasteiger partial charge in [0.05, 0.1) is 42.6 Å². The van der Waals surface area contributed by atoms with E-state index < -0.39 is 0 Å². The van der Waals surface area contributed by atoms with Gasteiger partial charge in [0, 0.05) is 12.2 Å². The summed E-state index contributed by atoms with van der Waals surface area (Å²) in [6.45, 7) is 4.77. The zero-order valence-electron chi connectivity index (χ0n) is 12.5. The van der Waals surface area contributed by atoms with E-state index in [-0.39, 0.29) is 5.97 Å². The van der Waals surface area contributed by atoms with Crippen molar-refractivity contribution in [1.82, 2.24) is 9.55 Å². The van der Waals surface area contributed by atoms with Crippen LogP contribution in [0.3, 0.4) is 0 Å². The van der Waals surface area contributed by atoms with Crippen LogP contribution in [0.25, 0.3) is 0 Å². The standard InChI is InChI=1S/C15H20N4O2/c1-10(2)19-9-17-7-12(19)8-18-14-6-11(15(20)21-3)4-5-13(14)16/h4-7,9-10,18H,8,16H2,1-3H3. The summed E-state index contributed by atoms with van der Waals surface area (Å²) in [5.41, 5.74) is 8.73. The molecule has 3 N–H and O–H groups in total. The molecular weight excluding hydrogens is 268 g/mol. The fourth-order valence-electron chi connectivity index (χ4n) is 2.07. The lowest BCUT2D eigenvalue weighted by atomic mass is 10.1. The molecular formula is C15H20N4O2. The van der Waals surface area contributed by atoms with E-state index in [1.54, 1.807) is 24.5 Å². The van der Waals surface area contributed by atoms with Gasteiger partial charge >= 0.3 is 5.97 Å². The van der Waals surface area contributed by atoms with Gasteiger partial charge in [-0.1, -0.05) is 0 Å². The Morgan fingerprint density at radius 1 is 1.48 bits per heavy atom. The van der Waals surface area contributed by atoms with Crippen LogP contribution < -0.4 is 11.1 Å². The Bertz CT molecular complexity index is 634. The van der Waals surface area contributed by atoms with E-state index in [0.29, 0.717) is 29.5 Å². The first-order valence-electron chi connectivity index (χ1n) is 6.75. The molecule has 0 fully saturated rings. The summed E-state index contributed by atoms with van der Waals surface area (Å²) < 4.78 is 6.79. The van der Waals surface area contributed by atoms with E-state index in [0.717, 1.165) is 5.69 Å². The van der Waals surface area contributed by atoms with Gasteiger partial charge in [-0.25, -0.2) is 9.78 Å². The van der Waals surface area contributed by atoms with Crippen LogP contribution in [0.4, 0.5) is 11.4 Å². The zero-order chi connectivity index (χ0) is 15.4. The summed E-state index contributed by atoms with van der Waals surface area (Å²) in [6, 6.07) is 5.36. The van der Waals surface area contributed by atoms with Crippen LogP contribution in [0, 0.1) is 0 Å². The number of nitrogens with one attached hydrogen (secondary N) is 1. The number of hydrogen-bond donors (Lipinski definition) is 2. The van der Waals surface area contributed by atoms with Crippen LogP contribution in [0.2, 0.25) is 0 Å². The molecule has 0 atom stereocenters. The number of imidazole rings is 1. The Balaban J connectivity index is 2.16. The number of anilines is 2. The number of rotatable bonds is 5. The minimum Gasteiger partial charge on any atom is -0.465 e. The molecule has 6 heteroatoms. The minimum absolute atomic E-state index is 0.336. The van der Waals surface area contributed by atoms with Crippen molar-refractivity contribution in [2.45, 2.75) is 26.4 Å². The normalized spacial score (nSPS) is 10.7. The van der Waals surface area contributed by atoms with Crippen molar-refractivity contribution in [3.05, 3.63) is 42.0 Å². The number of aromatic nitrogens is 2. The van der Waals surface area contributed by atoms with E-state index in [4.69, 9.17) is 10.5 Å². The maximum absolute atomic E-state index is 11.5. The van der Waals surface area contributed by atoms with Gasteiger partial charge in [0.1, 0.15) is 0 Å². The molecule has 0 bridgehead atoms. The largest absolute Gasteiger partial charge is 0.465 e. The molecule has 0 amide bonds. The van der Waals surface area contributed by atoms with Crippen molar-refractivity contribution in [3.63, 3.8) is 0 Å². The maximum atomic E-state index is 11.5. The van der Waals surface area contributed by atoms with Crippen LogP contribution in [0.15, 0.2) is 30.7 Å². The average Bonchev–Trinajstić information content (AvgIpc) is 2.94. The molecule has 0 aliphatic heterocycles. The van der Waals surface area contributed by atoms with Crippen LogP contribution >= 0.6 is 0 Å². The van der Waals surface area contributed by atoms with Gasteiger partial charge in [-0.2, -0.15) is 0 Å². The molecule has 1 aromatic carbocycles. The Morgan fingerprint density at radius 2 is 2.24 bits per heavy atom. The minimum atomic E-state index is -0.384. The Kier molecular flexibility index (Phi) is 4.47. The topological polar surface area (TPSA) is 82.2 Å². The number of carbonyl (C=O) groups is 1. The molecule has 2 rings (SSSR count). The van der Waals surface area contributed by atoms with Gasteiger partial charge in [-0.05, 0) is 32.0 Å². The summed E-state index contributed by atoms with van der Waals surface area (Å²) in [6.07, 6.45) is 3.61. The third kappa shape index (κ3) is 3.34. The highest BCUT2D eigenvalue weighted by molar-refractivity contribution is 5.91. The summed E-state index contributed by atoms with van der Waals surface area (Å²) in [5.74, 6) is -0.384. The van der Waals surface area contributed by atoms with E-state index in [2.05, 4.69) is 28.7 Å². The predicted octanol–water partition coefficient (Wildman–Crippen LogP) is 2.44. The molecule has 21 heavy (non-hydrogen) atoms. The van der Waals surface area contributed by atoms with Gasteiger partial charge < -0.3 is 20.4 Å². The van der Waals surface area contributed by atoms with Crippen molar-refractivity contribution in [2.75, 3.05) is 18.2 Å². The van der Waals surface area contributed by atoms with Gasteiger partial charge in [0.25, 0.3) is 0 Å². The van der Waals surface area contributed by atoms with Crippen molar-refractivity contribution >= 4 is 17.3 Å². The first-order valence-corrected chi connectivity index (χ1v) is 6.75. The number of methoxy groups -OCH3 is 1. The fourth-order valence-corrected chi connectivity index (χ4v) is 2.07. The Morgan fingerprint density at radius 3 is 2.90 bits per heavy atom. The maximum Gasteiger partial charge on any atom is 0.337 e. The number of nitrogens with two attached hydrogens (primary N) is 1. The third-order valence-electron chi connectivity index (χ3n) is 3.24. The molecule has 0 unspecified atom stereocenters. The van der Waals surface area contributed by atoms with Crippen LogP contribution in [-0.2, 0) is 11.3 Å². The summed E-state index contributed by atoms with van der Waals surface area (Å²) in [5, 5.41) is 3.24. The van der Waals surface area contributed by atoms with E-state index in [1.165, 1.54) is 7.11 Å². The third-order valence-corrected chi connectivity index (χ3v) is 3.24. The number of nitrogens with zero attached hydrogens (tertiary/aromatic N) is 2. The second-order valence-corrected chi connectivity index (χ2v) is 5.03. The van der Waals surface area contributed by atoms with Crippen molar-refractivity contribution in [2.24, 2.45) is 0 Å². The highest BCUT2D eigenvalue weighted by Gasteiger charge is 2.10. The van der Waals surface area contributed by atoms with Crippen molar-refractivity contribution in [3.8, 4) is 0 Å². The number of hydrogen-bond acceptors (Lipinski definition) is 5. The SMILES string of the molecule is COC(=O)c1ccc(N)c(NCc2cncn2C(C)C)c1. The highest BCUT2D eigenvalue weighted by Crippen LogP contribution is 2.21. The number of nitrogen functional groups attached to an aromatic ring is 1. The van der Waals surface area contributed by atoms with E-state index in [1.807, 2.05) is 6.20 Å². The fraction of sp³-hybridized carbons (Fsp3) is 0.333. The van der Waals surface area contributed by atoms with Crippen molar-refractivity contribution in [1.29, 1.82) is 0 Å². The molecule has 0 aliphatic rings. The first-order chi connectivity index (χ1) is 10.0. The molecule has 2 aromatic rings. The number of ether oxygens (including phenoxy) is 1. The summed E-state index contributed by atoms with van der Waals surface area (Å²) in [4.78, 5) is 15.7. The lowest BCUT2D eigenvalue weighted by Gasteiger charge is -2.14. The van der Waals surface area contributed by atoms with Gasteiger partial charge in [0.15, 0.2) is 0 Å². The number of benzene rings is 1. The molecule has 1 heterocycles. The Labute approximate surface area is 123 Å². The van der Waals surface area contributed by atoms with E-state index in [9.17, 15) is 4.79 Å². The molecule has 6 nitrogen and oxygen atoms in total. The second-order valence-electron chi connectivity index (χ2n) is 5.03. The summed E-state index contributed by atoms with van der Waals surface area (Å²) >= 11 is 0. The van der Waals surface area contributed by atoms with Gasteiger partial charge in [-0.15, -0.1) is 0 Å². The molecule has 1 aromatic heterocycles. The smallest absolute Gasteiger partial charge is 0.337 e. The summed E-state index contributed by atoms with van der Waals surface area (Å²) in [7, 11) is 1.35. The lowest BCUT2D eigenvalue weighted by molar-refractivity contribution is 0.0601. The average molecular weight is 288 g/mol. The Hall–Kier alpha value is -2.50. The monoisotopic (exact) mass is 288 g/mol.